The van der Waals surface area contributed by atoms with Crippen molar-refractivity contribution in [3.05, 3.63) is 52.7 Å². The van der Waals surface area contributed by atoms with Gasteiger partial charge in [0.1, 0.15) is 5.75 Å². The number of aryl methyl sites for hydroxylation is 1. The first-order valence-electron chi connectivity index (χ1n) is 6.85. The Hall–Kier alpha value is -1.58. The Labute approximate surface area is 124 Å². The Kier molecular flexibility index (Phi) is 5.39. The molecule has 0 saturated heterocycles. The Morgan fingerprint density at radius 3 is 2.80 bits per heavy atom. The van der Waals surface area contributed by atoms with Crippen LogP contribution in [0.5, 0.6) is 11.6 Å². The third-order valence-electron chi connectivity index (χ3n) is 2.96. The SMILES string of the molecule is CCNCc1nc(Oc2cccc(CC)c2)ccc1Cl. The summed E-state index contributed by atoms with van der Waals surface area (Å²) in [5.41, 5.74) is 2.04. The second kappa shape index (κ2) is 7.27. The van der Waals surface area contributed by atoms with Gasteiger partial charge >= 0.3 is 0 Å². The van der Waals surface area contributed by atoms with Crippen molar-refractivity contribution < 1.29 is 4.74 Å². The van der Waals surface area contributed by atoms with E-state index in [1.807, 2.05) is 31.2 Å². The predicted octanol–water partition coefficient (Wildman–Crippen LogP) is 4.20. The lowest BCUT2D eigenvalue weighted by molar-refractivity contribution is 0.459. The summed E-state index contributed by atoms with van der Waals surface area (Å²) in [5.74, 6) is 1.36. The maximum atomic E-state index is 6.12. The summed E-state index contributed by atoms with van der Waals surface area (Å²) in [7, 11) is 0. The first kappa shape index (κ1) is 14.8. The largest absolute Gasteiger partial charge is 0.439 e. The van der Waals surface area contributed by atoms with E-state index in [0.29, 0.717) is 17.4 Å². The van der Waals surface area contributed by atoms with Crippen molar-refractivity contribution in [1.82, 2.24) is 10.3 Å². The number of ether oxygens (including phenoxy) is 1. The number of rotatable bonds is 6. The monoisotopic (exact) mass is 290 g/mol. The van der Waals surface area contributed by atoms with Crippen LogP contribution in [0.3, 0.4) is 0 Å². The molecule has 0 aliphatic rings. The highest BCUT2D eigenvalue weighted by Crippen LogP contribution is 2.24. The zero-order chi connectivity index (χ0) is 14.4. The normalized spacial score (nSPS) is 10.6. The second-order valence-corrected chi connectivity index (χ2v) is 4.87. The van der Waals surface area contributed by atoms with Gasteiger partial charge in [0, 0.05) is 12.6 Å². The van der Waals surface area contributed by atoms with Crippen molar-refractivity contribution in [3.8, 4) is 11.6 Å². The highest BCUT2D eigenvalue weighted by Gasteiger charge is 2.05. The molecule has 0 aliphatic carbocycles. The Morgan fingerprint density at radius 1 is 1.20 bits per heavy atom. The van der Waals surface area contributed by atoms with Crippen LogP contribution in [0, 0.1) is 0 Å². The summed E-state index contributed by atoms with van der Waals surface area (Å²) in [6.45, 7) is 5.68. The summed E-state index contributed by atoms with van der Waals surface area (Å²) in [6, 6.07) is 11.6. The summed E-state index contributed by atoms with van der Waals surface area (Å²) in [6.07, 6.45) is 0.983. The van der Waals surface area contributed by atoms with Gasteiger partial charge in [0.05, 0.1) is 10.7 Å². The Morgan fingerprint density at radius 2 is 2.05 bits per heavy atom. The van der Waals surface area contributed by atoms with E-state index in [1.165, 1.54) is 5.56 Å². The number of nitrogens with zero attached hydrogens (tertiary/aromatic N) is 1. The molecule has 2 rings (SSSR count). The standard InChI is InChI=1S/C16H19ClN2O/c1-3-12-6-5-7-13(10-12)20-16-9-8-14(17)15(19-16)11-18-4-2/h5-10,18H,3-4,11H2,1-2H3. The molecule has 0 fully saturated rings. The van der Waals surface area contributed by atoms with Crippen molar-refractivity contribution in [1.29, 1.82) is 0 Å². The zero-order valence-electron chi connectivity index (χ0n) is 11.8. The van der Waals surface area contributed by atoms with Gasteiger partial charge < -0.3 is 10.1 Å². The molecule has 20 heavy (non-hydrogen) atoms. The van der Waals surface area contributed by atoms with Gasteiger partial charge in [-0.2, -0.15) is 0 Å². The summed E-state index contributed by atoms with van der Waals surface area (Å²) in [5, 5.41) is 3.87. The molecule has 3 nitrogen and oxygen atoms in total. The van der Waals surface area contributed by atoms with E-state index >= 15 is 0 Å². The molecule has 2 aromatic rings. The number of aromatic nitrogens is 1. The van der Waals surface area contributed by atoms with Gasteiger partial charge in [-0.05, 0) is 36.7 Å². The van der Waals surface area contributed by atoms with E-state index in [-0.39, 0.29) is 0 Å². The first-order chi connectivity index (χ1) is 9.72. The molecule has 0 saturated carbocycles. The van der Waals surface area contributed by atoms with Crippen LogP contribution in [-0.4, -0.2) is 11.5 Å². The molecule has 0 aliphatic heterocycles. The number of halogens is 1. The minimum absolute atomic E-state index is 0.565. The molecule has 0 bridgehead atoms. The van der Waals surface area contributed by atoms with Gasteiger partial charge in [-0.25, -0.2) is 4.98 Å². The van der Waals surface area contributed by atoms with Crippen LogP contribution < -0.4 is 10.1 Å². The number of pyridine rings is 1. The van der Waals surface area contributed by atoms with Gasteiger partial charge in [-0.1, -0.05) is 37.6 Å². The molecular weight excluding hydrogens is 272 g/mol. The third-order valence-corrected chi connectivity index (χ3v) is 3.31. The number of hydrogen-bond acceptors (Lipinski definition) is 3. The van der Waals surface area contributed by atoms with Crippen LogP contribution in [0.25, 0.3) is 0 Å². The molecule has 1 aromatic heterocycles. The average molecular weight is 291 g/mol. The molecule has 1 heterocycles. The van der Waals surface area contributed by atoms with Crippen LogP contribution in [0.15, 0.2) is 36.4 Å². The minimum Gasteiger partial charge on any atom is -0.439 e. The van der Waals surface area contributed by atoms with Crippen molar-refractivity contribution in [2.24, 2.45) is 0 Å². The zero-order valence-corrected chi connectivity index (χ0v) is 12.6. The maximum Gasteiger partial charge on any atom is 0.219 e. The lowest BCUT2D eigenvalue weighted by atomic mass is 10.2. The van der Waals surface area contributed by atoms with Crippen LogP contribution in [-0.2, 0) is 13.0 Å². The smallest absolute Gasteiger partial charge is 0.219 e. The second-order valence-electron chi connectivity index (χ2n) is 4.46. The van der Waals surface area contributed by atoms with Gasteiger partial charge in [-0.15, -0.1) is 0 Å². The molecule has 0 atom stereocenters. The predicted molar refractivity (Wildman–Crippen MR) is 82.5 cm³/mol. The fourth-order valence-corrected chi connectivity index (χ4v) is 2.01. The van der Waals surface area contributed by atoms with Crippen LogP contribution in [0.1, 0.15) is 25.1 Å². The minimum atomic E-state index is 0.565. The molecule has 1 aromatic carbocycles. The van der Waals surface area contributed by atoms with E-state index in [9.17, 15) is 0 Å². The van der Waals surface area contributed by atoms with E-state index in [4.69, 9.17) is 16.3 Å². The molecule has 4 heteroatoms. The summed E-state index contributed by atoms with van der Waals surface area (Å²) >= 11 is 6.12. The fourth-order valence-electron chi connectivity index (χ4n) is 1.84. The van der Waals surface area contributed by atoms with Crippen LogP contribution >= 0.6 is 11.6 Å². The van der Waals surface area contributed by atoms with Gasteiger partial charge in [0.2, 0.25) is 5.88 Å². The van der Waals surface area contributed by atoms with Crippen LogP contribution in [0.2, 0.25) is 5.02 Å². The first-order valence-corrected chi connectivity index (χ1v) is 7.23. The number of hydrogen-bond donors (Lipinski definition) is 1. The summed E-state index contributed by atoms with van der Waals surface area (Å²) in [4.78, 5) is 4.44. The van der Waals surface area contributed by atoms with E-state index < -0.39 is 0 Å². The number of benzene rings is 1. The molecular formula is C16H19ClN2O. The highest BCUT2D eigenvalue weighted by atomic mass is 35.5. The van der Waals surface area contributed by atoms with Crippen molar-refractivity contribution in [3.63, 3.8) is 0 Å². The van der Waals surface area contributed by atoms with E-state index in [1.54, 1.807) is 6.07 Å². The third kappa shape index (κ3) is 3.95. The van der Waals surface area contributed by atoms with E-state index in [0.717, 1.165) is 24.4 Å². The van der Waals surface area contributed by atoms with Gasteiger partial charge in [-0.3, -0.25) is 0 Å². The molecule has 1 N–H and O–H groups in total. The van der Waals surface area contributed by atoms with Crippen LogP contribution in [0.4, 0.5) is 0 Å². The average Bonchev–Trinajstić information content (AvgIpc) is 2.48. The topological polar surface area (TPSA) is 34.2 Å². The molecule has 0 radical (unpaired) electrons. The highest BCUT2D eigenvalue weighted by molar-refractivity contribution is 6.31. The lowest BCUT2D eigenvalue weighted by Crippen LogP contribution is -2.13. The van der Waals surface area contributed by atoms with Gasteiger partial charge in [0.15, 0.2) is 0 Å². The Balaban J connectivity index is 2.16. The van der Waals surface area contributed by atoms with Crippen molar-refractivity contribution in [2.75, 3.05) is 6.54 Å². The molecule has 0 spiro atoms. The Bertz CT molecular complexity index is 572. The molecule has 0 amide bonds. The van der Waals surface area contributed by atoms with Gasteiger partial charge in [0.25, 0.3) is 0 Å². The quantitative estimate of drug-likeness (QED) is 0.866. The van der Waals surface area contributed by atoms with E-state index in [2.05, 4.69) is 23.3 Å². The molecule has 0 unspecified atom stereocenters. The fraction of sp³-hybridized carbons (Fsp3) is 0.312. The molecule has 106 valence electrons. The lowest BCUT2D eigenvalue weighted by Gasteiger charge is -2.09. The summed E-state index contributed by atoms with van der Waals surface area (Å²) < 4.78 is 5.80. The van der Waals surface area contributed by atoms with Crippen molar-refractivity contribution in [2.45, 2.75) is 26.8 Å². The number of nitrogens with one attached hydrogen (secondary N) is 1. The van der Waals surface area contributed by atoms with Crippen molar-refractivity contribution >= 4 is 11.6 Å². The maximum absolute atomic E-state index is 6.12.